The van der Waals surface area contributed by atoms with Gasteiger partial charge in [0.1, 0.15) is 5.69 Å². The van der Waals surface area contributed by atoms with Crippen LogP contribution in [0, 0.1) is 0 Å². The summed E-state index contributed by atoms with van der Waals surface area (Å²) >= 11 is 12.7. The Balaban J connectivity index is 1.85. The van der Waals surface area contributed by atoms with Gasteiger partial charge >= 0.3 is 0 Å². The van der Waals surface area contributed by atoms with Gasteiger partial charge in [0.05, 0.1) is 11.1 Å². The molecule has 1 saturated heterocycles. The highest BCUT2D eigenvalue weighted by Gasteiger charge is 2.38. The van der Waals surface area contributed by atoms with Gasteiger partial charge in [0, 0.05) is 47.1 Å². The van der Waals surface area contributed by atoms with E-state index in [1.807, 2.05) is 44.2 Å². The molecule has 1 fully saturated rings. The Morgan fingerprint density at radius 3 is 2.24 bits per heavy atom. The van der Waals surface area contributed by atoms with Crippen molar-refractivity contribution in [3.8, 4) is 22.4 Å². The first-order valence-electron chi connectivity index (χ1n) is 12.0. The third-order valence-corrected chi connectivity index (χ3v) is 7.04. The van der Waals surface area contributed by atoms with Gasteiger partial charge in [-0.2, -0.15) is 0 Å². The lowest BCUT2D eigenvalue weighted by Gasteiger charge is -2.20. The maximum atomic E-state index is 13.5. The molecule has 9 heteroatoms. The molecule has 5 rings (SSSR count). The normalized spacial score (nSPS) is 13.6. The molecular formula is C28H23Cl2N3O4. The van der Waals surface area contributed by atoms with Crippen molar-refractivity contribution in [2.24, 2.45) is 0 Å². The average Bonchev–Trinajstić information content (AvgIpc) is 3.42. The topological polar surface area (TPSA) is 83.7 Å². The largest absolute Gasteiger partial charge is 0.430 e. The number of imide groups is 1. The minimum absolute atomic E-state index is 0.0690. The molecule has 0 aliphatic carbocycles. The number of amides is 3. The van der Waals surface area contributed by atoms with Crippen LogP contribution in [0.4, 0.5) is 5.69 Å². The number of hydrogen-bond donors (Lipinski definition) is 0. The number of pyridine rings is 1. The van der Waals surface area contributed by atoms with Crippen molar-refractivity contribution >= 4 is 57.7 Å². The van der Waals surface area contributed by atoms with Crippen LogP contribution in [0.1, 0.15) is 37.2 Å². The summed E-state index contributed by atoms with van der Waals surface area (Å²) in [7, 11) is 0. The first-order valence-corrected chi connectivity index (χ1v) is 12.7. The van der Waals surface area contributed by atoms with Crippen LogP contribution in [-0.4, -0.2) is 40.7 Å². The lowest BCUT2D eigenvalue weighted by molar-refractivity contribution is -0.121. The lowest BCUT2D eigenvalue weighted by atomic mass is 9.98. The van der Waals surface area contributed by atoms with Crippen LogP contribution in [0.3, 0.4) is 0 Å². The van der Waals surface area contributed by atoms with Gasteiger partial charge in [-0.3, -0.25) is 14.4 Å². The minimum atomic E-state index is -0.419. The van der Waals surface area contributed by atoms with E-state index in [0.717, 1.165) is 10.5 Å². The molecular weight excluding hydrogens is 513 g/mol. The summed E-state index contributed by atoms with van der Waals surface area (Å²) in [5, 5.41) is 1.45. The molecule has 0 atom stereocenters. The van der Waals surface area contributed by atoms with E-state index in [1.165, 1.54) is 0 Å². The average molecular weight is 536 g/mol. The number of benzene rings is 2. The SMILES string of the molecule is CCN(CC)C(=O)c1oc2nc(-c3ccccc3Cl)c(-c3ccc(Cl)cc3)cc2c1N1C(=O)CCC1=O. The predicted molar refractivity (Wildman–Crippen MR) is 144 cm³/mol. The first-order chi connectivity index (χ1) is 17.8. The number of furan rings is 1. The van der Waals surface area contributed by atoms with Crippen LogP contribution in [-0.2, 0) is 9.59 Å². The smallest absolute Gasteiger partial charge is 0.291 e. The van der Waals surface area contributed by atoms with Gasteiger partial charge in [-0.1, -0.05) is 53.5 Å². The molecule has 0 bridgehead atoms. The molecule has 2 aromatic carbocycles. The Labute approximate surface area is 223 Å². The van der Waals surface area contributed by atoms with Gasteiger partial charge in [0.15, 0.2) is 0 Å². The van der Waals surface area contributed by atoms with Crippen molar-refractivity contribution < 1.29 is 18.8 Å². The maximum absolute atomic E-state index is 13.5. The molecule has 2 aromatic heterocycles. The second-order valence-corrected chi connectivity index (χ2v) is 9.45. The fraction of sp³-hybridized carbons (Fsp3) is 0.214. The zero-order chi connectivity index (χ0) is 26.3. The van der Waals surface area contributed by atoms with Crippen LogP contribution in [0.15, 0.2) is 59.0 Å². The van der Waals surface area contributed by atoms with Crippen molar-refractivity contribution in [1.82, 2.24) is 9.88 Å². The minimum Gasteiger partial charge on any atom is -0.430 e. The summed E-state index contributed by atoms with van der Waals surface area (Å²) in [6.45, 7) is 4.56. The van der Waals surface area contributed by atoms with E-state index in [1.54, 1.807) is 29.2 Å². The zero-order valence-electron chi connectivity index (χ0n) is 20.3. The molecule has 0 N–H and O–H groups in total. The number of fused-ring (bicyclic) bond motifs is 1. The summed E-state index contributed by atoms with van der Waals surface area (Å²) in [5.74, 6) is -1.28. The third kappa shape index (κ3) is 4.38. The second kappa shape index (κ2) is 10.00. The lowest BCUT2D eigenvalue weighted by Crippen LogP contribution is -2.34. The summed E-state index contributed by atoms with van der Waals surface area (Å²) in [4.78, 5) is 46.6. The van der Waals surface area contributed by atoms with Crippen molar-refractivity contribution in [2.45, 2.75) is 26.7 Å². The fourth-order valence-electron chi connectivity index (χ4n) is 4.57. The number of hydrogen-bond acceptors (Lipinski definition) is 5. The Hall–Kier alpha value is -3.68. The van der Waals surface area contributed by atoms with Crippen LogP contribution in [0.5, 0.6) is 0 Å². The molecule has 3 heterocycles. The highest BCUT2D eigenvalue weighted by atomic mass is 35.5. The Morgan fingerprint density at radius 1 is 0.973 bits per heavy atom. The van der Waals surface area contributed by atoms with Gasteiger partial charge < -0.3 is 9.32 Å². The number of anilines is 1. The van der Waals surface area contributed by atoms with E-state index < -0.39 is 5.91 Å². The molecule has 4 aromatic rings. The standard InChI is InChI=1S/C28H23Cl2N3O4/c1-3-32(4-2)28(36)26-25(33-22(34)13-14-23(33)35)20-15-19(16-9-11-17(29)12-10-16)24(31-27(20)37-26)18-7-5-6-8-21(18)30/h5-12,15H,3-4,13-14H2,1-2H3. The molecule has 188 valence electrons. The van der Waals surface area contributed by atoms with E-state index in [0.29, 0.717) is 45.3 Å². The molecule has 7 nitrogen and oxygen atoms in total. The summed E-state index contributed by atoms with van der Waals surface area (Å²) < 4.78 is 6.05. The van der Waals surface area contributed by atoms with Gasteiger partial charge in [-0.25, -0.2) is 9.88 Å². The number of carbonyl (C=O) groups is 3. The zero-order valence-corrected chi connectivity index (χ0v) is 21.8. The Morgan fingerprint density at radius 2 is 1.62 bits per heavy atom. The Bertz CT molecular complexity index is 1530. The number of halogens is 2. The summed E-state index contributed by atoms with van der Waals surface area (Å²) in [6, 6.07) is 16.3. The molecule has 0 spiro atoms. The second-order valence-electron chi connectivity index (χ2n) is 8.60. The van der Waals surface area contributed by atoms with Crippen molar-refractivity contribution in [1.29, 1.82) is 0 Å². The van der Waals surface area contributed by atoms with E-state index in [4.69, 9.17) is 32.6 Å². The van der Waals surface area contributed by atoms with Crippen LogP contribution in [0.2, 0.25) is 10.0 Å². The monoisotopic (exact) mass is 535 g/mol. The van der Waals surface area contributed by atoms with Crippen LogP contribution in [0.25, 0.3) is 33.5 Å². The van der Waals surface area contributed by atoms with Gasteiger partial charge in [-0.15, -0.1) is 0 Å². The van der Waals surface area contributed by atoms with Gasteiger partial charge in [-0.05, 0) is 43.7 Å². The third-order valence-electron chi connectivity index (χ3n) is 6.46. The molecule has 0 unspecified atom stereocenters. The van der Waals surface area contributed by atoms with E-state index in [9.17, 15) is 14.4 Å². The molecule has 3 amide bonds. The first kappa shape index (κ1) is 25.0. The van der Waals surface area contributed by atoms with Crippen molar-refractivity contribution in [3.63, 3.8) is 0 Å². The molecule has 0 radical (unpaired) electrons. The van der Waals surface area contributed by atoms with Crippen molar-refractivity contribution in [2.75, 3.05) is 18.0 Å². The predicted octanol–water partition coefficient (Wildman–Crippen LogP) is 6.60. The quantitative estimate of drug-likeness (QED) is 0.259. The number of aromatic nitrogens is 1. The van der Waals surface area contributed by atoms with E-state index in [2.05, 4.69) is 0 Å². The number of nitrogens with zero attached hydrogens (tertiary/aromatic N) is 3. The van der Waals surface area contributed by atoms with E-state index >= 15 is 0 Å². The highest BCUT2D eigenvalue weighted by molar-refractivity contribution is 6.33. The van der Waals surface area contributed by atoms with Crippen molar-refractivity contribution in [3.05, 3.63) is 70.4 Å². The maximum Gasteiger partial charge on any atom is 0.291 e. The van der Waals surface area contributed by atoms with Gasteiger partial charge in [0.25, 0.3) is 5.91 Å². The molecule has 1 aliphatic heterocycles. The van der Waals surface area contributed by atoms with E-state index in [-0.39, 0.29) is 41.8 Å². The fourth-order valence-corrected chi connectivity index (χ4v) is 4.92. The van der Waals surface area contributed by atoms with Crippen LogP contribution < -0.4 is 4.90 Å². The number of carbonyl (C=O) groups excluding carboxylic acids is 3. The van der Waals surface area contributed by atoms with Crippen LogP contribution >= 0.6 is 23.2 Å². The number of rotatable bonds is 6. The molecule has 1 aliphatic rings. The summed E-state index contributed by atoms with van der Waals surface area (Å²) in [5.41, 5.74) is 2.93. The molecule has 37 heavy (non-hydrogen) atoms. The highest BCUT2D eigenvalue weighted by Crippen LogP contribution is 2.43. The Kier molecular flexibility index (Phi) is 6.75. The molecule has 0 saturated carbocycles. The summed E-state index contributed by atoms with van der Waals surface area (Å²) in [6.07, 6.45) is 0.138. The van der Waals surface area contributed by atoms with Gasteiger partial charge in [0.2, 0.25) is 23.3 Å².